The molecule has 0 spiro atoms. The topological polar surface area (TPSA) is 55.4 Å². The molecule has 0 aliphatic carbocycles. The van der Waals surface area contributed by atoms with Crippen LogP contribution in [0, 0.1) is 5.82 Å². The summed E-state index contributed by atoms with van der Waals surface area (Å²) in [7, 11) is 0. The summed E-state index contributed by atoms with van der Waals surface area (Å²) in [5, 5.41) is 2.48. The number of nitrogens with one attached hydrogen (secondary N) is 1. The SMILES string of the molecule is CCCCCCCCCCCCCOC(=O)C(C)NC(=O)c1ccccc1F. The number of halogens is 1. The van der Waals surface area contributed by atoms with E-state index in [-0.39, 0.29) is 5.56 Å². The fourth-order valence-electron chi connectivity index (χ4n) is 3.04. The molecule has 4 nitrogen and oxygen atoms in total. The summed E-state index contributed by atoms with van der Waals surface area (Å²) < 4.78 is 18.8. The zero-order chi connectivity index (χ0) is 20.6. The molecule has 1 aromatic rings. The Hall–Kier alpha value is -1.91. The lowest BCUT2D eigenvalue weighted by molar-refractivity contribution is -0.145. The highest BCUT2D eigenvalue weighted by atomic mass is 19.1. The van der Waals surface area contributed by atoms with Gasteiger partial charge >= 0.3 is 5.97 Å². The second-order valence-electron chi connectivity index (χ2n) is 7.38. The van der Waals surface area contributed by atoms with Crippen LogP contribution in [0.1, 0.15) is 94.8 Å². The molecule has 0 radical (unpaired) electrons. The van der Waals surface area contributed by atoms with Crippen molar-refractivity contribution in [2.75, 3.05) is 6.61 Å². The van der Waals surface area contributed by atoms with Gasteiger partial charge in [-0.15, -0.1) is 0 Å². The first kappa shape index (κ1) is 24.1. The van der Waals surface area contributed by atoms with E-state index in [1.54, 1.807) is 13.0 Å². The van der Waals surface area contributed by atoms with Gasteiger partial charge < -0.3 is 10.1 Å². The van der Waals surface area contributed by atoms with E-state index >= 15 is 0 Å². The van der Waals surface area contributed by atoms with Gasteiger partial charge in [-0.25, -0.2) is 9.18 Å². The van der Waals surface area contributed by atoms with Crippen molar-refractivity contribution >= 4 is 11.9 Å². The molecule has 0 aliphatic rings. The number of amides is 1. The van der Waals surface area contributed by atoms with Gasteiger partial charge in [-0.05, 0) is 25.5 Å². The molecule has 0 saturated carbocycles. The highest BCUT2D eigenvalue weighted by Crippen LogP contribution is 2.11. The van der Waals surface area contributed by atoms with Crippen LogP contribution in [0.25, 0.3) is 0 Å². The smallest absolute Gasteiger partial charge is 0.328 e. The van der Waals surface area contributed by atoms with Crippen LogP contribution in [0.2, 0.25) is 0 Å². The van der Waals surface area contributed by atoms with Crippen molar-refractivity contribution in [1.82, 2.24) is 5.32 Å². The summed E-state index contributed by atoms with van der Waals surface area (Å²) in [6.45, 7) is 4.14. The van der Waals surface area contributed by atoms with Crippen molar-refractivity contribution in [1.29, 1.82) is 0 Å². The quantitative estimate of drug-likeness (QED) is 0.303. The molecule has 0 heterocycles. The van der Waals surface area contributed by atoms with Crippen molar-refractivity contribution in [3.8, 4) is 0 Å². The number of unbranched alkanes of at least 4 members (excludes halogenated alkanes) is 10. The second kappa shape index (κ2) is 15.1. The first-order valence-corrected chi connectivity index (χ1v) is 10.8. The minimum Gasteiger partial charge on any atom is -0.464 e. The Balaban J connectivity index is 2.04. The Labute approximate surface area is 169 Å². The highest BCUT2D eigenvalue weighted by Gasteiger charge is 2.19. The van der Waals surface area contributed by atoms with E-state index in [9.17, 15) is 14.0 Å². The number of hydrogen-bond acceptors (Lipinski definition) is 3. The number of benzene rings is 1. The van der Waals surface area contributed by atoms with Crippen LogP contribution in [0.15, 0.2) is 24.3 Å². The number of carbonyl (C=O) groups excluding carboxylic acids is 2. The molecule has 158 valence electrons. The zero-order valence-corrected chi connectivity index (χ0v) is 17.5. The van der Waals surface area contributed by atoms with Gasteiger partial charge in [0.25, 0.3) is 5.91 Å². The van der Waals surface area contributed by atoms with E-state index < -0.39 is 23.7 Å². The standard InChI is InChI=1S/C23H36FNO3/c1-3-4-5-6-7-8-9-10-11-12-15-18-28-23(27)19(2)25-22(26)20-16-13-14-17-21(20)24/h13-14,16-17,19H,3-12,15,18H2,1-2H3,(H,25,26). The Morgan fingerprint density at radius 1 is 0.929 bits per heavy atom. The van der Waals surface area contributed by atoms with Gasteiger partial charge in [0.05, 0.1) is 12.2 Å². The Morgan fingerprint density at radius 3 is 2.04 bits per heavy atom. The summed E-state index contributed by atoms with van der Waals surface area (Å²) in [6.07, 6.45) is 13.6. The number of ether oxygens (including phenoxy) is 1. The van der Waals surface area contributed by atoms with Gasteiger partial charge in [0.2, 0.25) is 0 Å². The van der Waals surface area contributed by atoms with Gasteiger partial charge in [-0.2, -0.15) is 0 Å². The summed E-state index contributed by atoms with van der Waals surface area (Å²) in [6, 6.07) is 4.88. The molecule has 1 rings (SSSR count). The predicted octanol–water partition coefficient (Wildman–Crippen LogP) is 5.80. The number of carbonyl (C=O) groups is 2. The highest BCUT2D eigenvalue weighted by molar-refractivity contribution is 5.96. The van der Waals surface area contributed by atoms with Crippen LogP contribution >= 0.6 is 0 Å². The number of hydrogen-bond donors (Lipinski definition) is 1. The minimum absolute atomic E-state index is 0.0764. The summed E-state index contributed by atoms with van der Waals surface area (Å²) in [5.74, 6) is -1.71. The van der Waals surface area contributed by atoms with E-state index in [2.05, 4.69) is 12.2 Å². The largest absolute Gasteiger partial charge is 0.464 e. The van der Waals surface area contributed by atoms with Crippen molar-refractivity contribution in [3.63, 3.8) is 0 Å². The Morgan fingerprint density at radius 2 is 1.46 bits per heavy atom. The summed E-state index contributed by atoms with van der Waals surface area (Å²) in [5.41, 5.74) is -0.0764. The third-order valence-corrected chi connectivity index (χ3v) is 4.81. The molecular weight excluding hydrogens is 357 g/mol. The van der Waals surface area contributed by atoms with E-state index in [0.29, 0.717) is 6.61 Å². The van der Waals surface area contributed by atoms with Gasteiger partial charge in [0.1, 0.15) is 11.9 Å². The van der Waals surface area contributed by atoms with Crippen molar-refractivity contribution in [2.24, 2.45) is 0 Å². The first-order valence-electron chi connectivity index (χ1n) is 10.8. The van der Waals surface area contributed by atoms with Crippen LogP contribution < -0.4 is 5.32 Å². The average Bonchev–Trinajstić information content (AvgIpc) is 2.68. The van der Waals surface area contributed by atoms with Crippen LogP contribution in [-0.4, -0.2) is 24.5 Å². The summed E-state index contributed by atoms with van der Waals surface area (Å²) >= 11 is 0. The third kappa shape index (κ3) is 10.4. The maximum Gasteiger partial charge on any atom is 0.328 e. The molecule has 1 N–H and O–H groups in total. The van der Waals surface area contributed by atoms with Crippen LogP contribution in [0.3, 0.4) is 0 Å². The number of esters is 1. The molecule has 5 heteroatoms. The molecular formula is C23H36FNO3. The van der Waals surface area contributed by atoms with Crippen LogP contribution in [-0.2, 0) is 9.53 Å². The lowest BCUT2D eigenvalue weighted by Gasteiger charge is -2.13. The average molecular weight is 394 g/mol. The molecule has 28 heavy (non-hydrogen) atoms. The van der Waals surface area contributed by atoms with E-state index in [4.69, 9.17) is 4.74 Å². The van der Waals surface area contributed by atoms with Crippen LogP contribution in [0.4, 0.5) is 4.39 Å². The molecule has 1 amide bonds. The molecule has 0 aromatic heterocycles. The van der Waals surface area contributed by atoms with Crippen LogP contribution in [0.5, 0.6) is 0 Å². The Kier molecular flexibility index (Phi) is 13.0. The summed E-state index contributed by atoms with van der Waals surface area (Å²) in [4.78, 5) is 23.9. The molecule has 0 aliphatic heterocycles. The maximum atomic E-state index is 13.6. The Bertz CT molecular complexity index is 577. The van der Waals surface area contributed by atoms with E-state index in [1.165, 1.54) is 69.6 Å². The van der Waals surface area contributed by atoms with E-state index in [1.807, 2.05) is 0 Å². The monoisotopic (exact) mass is 393 g/mol. The maximum absolute atomic E-state index is 13.6. The van der Waals surface area contributed by atoms with Crippen molar-refractivity contribution in [2.45, 2.75) is 90.5 Å². The molecule has 0 saturated heterocycles. The third-order valence-electron chi connectivity index (χ3n) is 4.81. The zero-order valence-electron chi connectivity index (χ0n) is 17.5. The molecule has 0 bridgehead atoms. The fourth-order valence-corrected chi connectivity index (χ4v) is 3.04. The lowest BCUT2D eigenvalue weighted by atomic mass is 10.1. The molecule has 1 aromatic carbocycles. The van der Waals surface area contributed by atoms with Crippen molar-refractivity contribution < 1.29 is 18.7 Å². The normalized spacial score (nSPS) is 11.8. The molecule has 1 unspecified atom stereocenters. The first-order chi connectivity index (χ1) is 13.6. The molecule has 0 fully saturated rings. The van der Waals surface area contributed by atoms with Crippen molar-refractivity contribution in [3.05, 3.63) is 35.6 Å². The lowest BCUT2D eigenvalue weighted by Crippen LogP contribution is -2.40. The predicted molar refractivity (Wildman–Crippen MR) is 111 cm³/mol. The second-order valence-corrected chi connectivity index (χ2v) is 7.38. The minimum atomic E-state index is -0.806. The van der Waals surface area contributed by atoms with Gasteiger partial charge in [0.15, 0.2) is 0 Å². The van der Waals surface area contributed by atoms with Gasteiger partial charge in [0, 0.05) is 0 Å². The van der Waals surface area contributed by atoms with E-state index in [0.717, 1.165) is 19.3 Å². The van der Waals surface area contributed by atoms with Gasteiger partial charge in [-0.3, -0.25) is 4.79 Å². The fraction of sp³-hybridized carbons (Fsp3) is 0.652. The number of rotatable bonds is 15. The van der Waals surface area contributed by atoms with Gasteiger partial charge in [-0.1, -0.05) is 83.3 Å². The molecule has 1 atom stereocenters.